The highest BCUT2D eigenvalue weighted by Crippen LogP contribution is 2.32. The van der Waals surface area contributed by atoms with Crippen molar-refractivity contribution in [3.05, 3.63) is 0 Å². The Bertz CT molecular complexity index is 296. The molecule has 4 nitrogen and oxygen atoms in total. The smallest absolute Gasteiger partial charge is 0.226 e. The summed E-state index contributed by atoms with van der Waals surface area (Å²) in [5, 5.41) is 6.57. The van der Waals surface area contributed by atoms with Crippen LogP contribution >= 0.6 is 0 Å². The van der Waals surface area contributed by atoms with Crippen LogP contribution in [0.2, 0.25) is 0 Å². The standard InChI is InChI=1S/C16H33N3O/c1-6-16(7-9-17-10-8-16)15(20)18-12-14(19(4)5)11-13(2)3/h13-14,17H,6-12H2,1-5H3,(H,18,20). The van der Waals surface area contributed by atoms with Gasteiger partial charge in [-0.2, -0.15) is 0 Å². The first-order valence-electron chi connectivity index (χ1n) is 8.06. The maximum atomic E-state index is 12.6. The number of likely N-dealkylation sites (N-methyl/N-ethyl adjacent to an activating group) is 1. The summed E-state index contributed by atoms with van der Waals surface area (Å²) in [6.45, 7) is 9.30. The third kappa shape index (κ3) is 4.74. The van der Waals surface area contributed by atoms with Crippen LogP contribution in [-0.4, -0.2) is 50.6 Å². The van der Waals surface area contributed by atoms with E-state index in [-0.39, 0.29) is 11.3 Å². The van der Waals surface area contributed by atoms with Gasteiger partial charge in [-0.1, -0.05) is 20.8 Å². The van der Waals surface area contributed by atoms with Gasteiger partial charge in [-0.3, -0.25) is 4.79 Å². The van der Waals surface area contributed by atoms with Gasteiger partial charge < -0.3 is 15.5 Å². The van der Waals surface area contributed by atoms with Gasteiger partial charge in [-0.25, -0.2) is 0 Å². The first-order valence-corrected chi connectivity index (χ1v) is 8.06. The normalized spacial score (nSPS) is 20.1. The van der Waals surface area contributed by atoms with Crippen LogP contribution in [0, 0.1) is 11.3 Å². The minimum Gasteiger partial charge on any atom is -0.354 e. The van der Waals surface area contributed by atoms with E-state index in [1.54, 1.807) is 0 Å². The van der Waals surface area contributed by atoms with Crippen LogP contribution in [-0.2, 0) is 4.79 Å². The Morgan fingerprint density at radius 3 is 2.35 bits per heavy atom. The fourth-order valence-corrected chi connectivity index (χ4v) is 3.07. The summed E-state index contributed by atoms with van der Waals surface area (Å²) in [5.74, 6) is 0.912. The lowest BCUT2D eigenvalue weighted by atomic mass is 9.76. The van der Waals surface area contributed by atoms with Crippen molar-refractivity contribution in [2.24, 2.45) is 11.3 Å². The van der Waals surface area contributed by atoms with E-state index in [1.807, 2.05) is 0 Å². The van der Waals surface area contributed by atoms with E-state index < -0.39 is 0 Å². The molecule has 1 saturated heterocycles. The molecule has 0 saturated carbocycles. The van der Waals surface area contributed by atoms with Crippen molar-refractivity contribution in [1.82, 2.24) is 15.5 Å². The summed E-state index contributed by atoms with van der Waals surface area (Å²) < 4.78 is 0. The third-order valence-electron chi connectivity index (χ3n) is 4.69. The Hall–Kier alpha value is -0.610. The van der Waals surface area contributed by atoms with Crippen molar-refractivity contribution in [3.8, 4) is 0 Å². The summed E-state index contributed by atoms with van der Waals surface area (Å²) in [5.41, 5.74) is -0.139. The number of nitrogens with zero attached hydrogens (tertiary/aromatic N) is 1. The van der Waals surface area contributed by atoms with Gasteiger partial charge in [-0.15, -0.1) is 0 Å². The summed E-state index contributed by atoms with van der Waals surface area (Å²) in [6.07, 6.45) is 3.99. The molecule has 1 amide bonds. The van der Waals surface area contributed by atoms with E-state index in [2.05, 4.69) is 50.4 Å². The molecule has 1 unspecified atom stereocenters. The molecular weight excluding hydrogens is 250 g/mol. The molecular formula is C16H33N3O. The van der Waals surface area contributed by atoms with E-state index in [1.165, 1.54) is 0 Å². The first kappa shape index (κ1) is 17.4. The molecule has 1 aliphatic rings. The zero-order valence-corrected chi connectivity index (χ0v) is 14.0. The number of amides is 1. The van der Waals surface area contributed by atoms with Gasteiger partial charge in [0.1, 0.15) is 0 Å². The van der Waals surface area contributed by atoms with Crippen LogP contribution in [0.15, 0.2) is 0 Å². The van der Waals surface area contributed by atoms with Gasteiger partial charge in [0.2, 0.25) is 5.91 Å². The number of hydrogen-bond donors (Lipinski definition) is 2. The first-order chi connectivity index (χ1) is 9.41. The van der Waals surface area contributed by atoms with E-state index in [4.69, 9.17) is 0 Å². The number of piperidine rings is 1. The van der Waals surface area contributed by atoms with Gasteiger partial charge in [-0.05, 0) is 58.8 Å². The minimum absolute atomic E-state index is 0.139. The van der Waals surface area contributed by atoms with Crippen molar-refractivity contribution in [3.63, 3.8) is 0 Å². The SMILES string of the molecule is CCC1(C(=O)NCC(CC(C)C)N(C)C)CCNCC1. The number of hydrogen-bond acceptors (Lipinski definition) is 3. The van der Waals surface area contributed by atoms with Crippen molar-refractivity contribution < 1.29 is 4.79 Å². The topological polar surface area (TPSA) is 44.4 Å². The molecule has 20 heavy (non-hydrogen) atoms. The third-order valence-corrected chi connectivity index (χ3v) is 4.69. The Kier molecular flexibility index (Phi) is 6.96. The lowest BCUT2D eigenvalue weighted by Crippen LogP contribution is -2.50. The lowest BCUT2D eigenvalue weighted by molar-refractivity contribution is -0.133. The van der Waals surface area contributed by atoms with E-state index in [0.717, 1.165) is 45.3 Å². The van der Waals surface area contributed by atoms with Crippen LogP contribution in [0.4, 0.5) is 0 Å². The zero-order valence-electron chi connectivity index (χ0n) is 14.0. The van der Waals surface area contributed by atoms with Gasteiger partial charge in [0.15, 0.2) is 0 Å². The molecule has 0 spiro atoms. The minimum atomic E-state index is -0.139. The highest BCUT2D eigenvalue weighted by molar-refractivity contribution is 5.82. The fourth-order valence-electron chi connectivity index (χ4n) is 3.07. The molecule has 1 fully saturated rings. The summed E-state index contributed by atoms with van der Waals surface area (Å²) >= 11 is 0. The summed E-state index contributed by atoms with van der Waals surface area (Å²) in [4.78, 5) is 14.8. The maximum Gasteiger partial charge on any atom is 0.226 e. The Labute approximate surface area is 124 Å². The van der Waals surface area contributed by atoms with Crippen molar-refractivity contribution in [2.75, 3.05) is 33.7 Å². The second kappa shape index (κ2) is 7.99. The predicted octanol–water partition coefficient (Wildman–Crippen LogP) is 1.86. The Balaban J connectivity index is 2.55. The molecule has 0 aromatic rings. The Morgan fingerprint density at radius 1 is 1.30 bits per heavy atom. The van der Waals surface area contributed by atoms with Crippen LogP contribution < -0.4 is 10.6 Å². The molecule has 0 bridgehead atoms. The van der Waals surface area contributed by atoms with Gasteiger partial charge in [0, 0.05) is 12.6 Å². The second-order valence-electron chi connectivity index (χ2n) is 6.84. The largest absolute Gasteiger partial charge is 0.354 e. The van der Waals surface area contributed by atoms with Gasteiger partial charge >= 0.3 is 0 Å². The molecule has 1 atom stereocenters. The molecule has 1 rings (SSSR count). The van der Waals surface area contributed by atoms with E-state index in [9.17, 15) is 4.79 Å². The molecule has 0 aliphatic carbocycles. The van der Waals surface area contributed by atoms with Gasteiger partial charge in [0.25, 0.3) is 0 Å². The predicted molar refractivity (Wildman–Crippen MR) is 84.8 cm³/mol. The average Bonchev–Trinajstić information content (AvgIpc) is 2.43. The molecule has 0 aromatic carbocycles. The zero-order chi connectivity index (χ0) is 15.2. The second-order valence-corrected chi connectivity index (χ2v) is 6.84. The molecule has 0 radical (unpaired) electrons. The van der Waals surface area contributed by atoms with Gasteiger partial charge in [0.05, 0.1) is 5.41 Å². The molecule has 1 aliphatic heterocycles. The molecule has 0 aromatic heterocycles. The highest BCUT2D eigenvalue weighted by atomic mass is 16.2. The maximum absolute atomic E-state index is 12.6. The number of carbonyl (C=O) groups is 1. The van der Waals surface area contributed by atoms with E-state index in [0.29, 0.717) is 12.0 Å². The van der Waals surface area contributed by atoms with Crippen LogP contribution in [0.25, 0.3) is 0 Å². The van der Waals surface area contributed by atoms with Crippen LogP contribution in [0.5, 0.6) is 0 Å². The number of nitrogens with one attached hydrogen (secondary N) is 2. The molecule has 2 N–H and O–H groups in total. The number of carbonyl (C=O) groups excluding carboxylic acids is 1. The van der Waals surface area contributed by atoms with Crippen molar-refractivity contribution in [2.45, 2.75) is 52.5 Å². The number of rotatable bonds is 7. The van der Waals surface area contributed by atoms with Crippen LogP contribution in [0.3, 0.4) is 0 Å². The molecule has 4 heteroatoms. The summed E-state index contributed by atoms with van der Waals surface area (Å²) in [6, 6.07) is 0.426. The average molecular weight is 283 g/mol. The highest BCUT2D eigenvalue weighted by Gasteiger charge is 2.37. The summed E-state index contributed by atoms with van der Waals surface area (Å²) in [7, 11) is 4.19. The lowest BCUT2D eigenvalue weighted by Gasteiger charge is -2.36. The fraction of sp³-hybridized carbons (Fsp3) is 0.938. The Morgan fingerprint density at radius 2 is 1.90 bits per heavy atom. The van der Waals surface area contributed by atoms with Crippen molar-refractivity contribution >= 4 is 5.91 Å². The van der Waals surface area contributed by atoms with Crippen molar-refractivity contribution in [1.29, 1.82) is 0 Å². The quantitative estimate of drug-likeness (QED) is 0.749. The van der Waals surface area contributed by atoms with E-state index >= 15 is 0 Å². The molecule has 1 heterocycles. The van der Waals surface area contributed by atoms with Crippen LogP contribution in [0.1, 0.15) is 46.5 Å². The monoisotopic (exact) mass is 283 g/mol. The molecule has 118 valence electrons.